The summed E-state index contributed by atoms with van der Waals surface area (Å²) in [6, 6.07) is 13.1. The number of aromatic nitrogens is 1. The van der Waals surface area contributed by atoms with E-state index in [1.54, 1.807) is 27.3 Å². The lowest BCUT2D eigenvalue weighted by Gasteiger charge is -2.37. The first-order chi connectivity index (χ1) is 18.0. The molecule has 0 spiro atoms. The van der Waals surface area contributed by atoms with Gasteiger partial charge in [0.15, 0.2) is 11.3 Å². The molecule has 3 heterocycles. The fraction of sp³-hybridized carbons (Fsp3) is 0.296. The van der Waals surface area contributed by atoms with Crippen LogP contribution in [0.2, 0.25) is 0 Å². The number of rotatable bonds is 8. The maximum Gasteiger partial charge on any atom is 0.294 e. The van der Waals surface area contributed by atoms with Gasteiger partial charge in [-0.2, -0.15) is 0 Å². The van der Waals surface area contributed by atoms with Crippen LogP contribution in [0.5, 0.6) is 11.5 Å². The molecule has 2 aromatic carbocycles. The number of nitrogens with one attached hydrogen (secondary N) is 1. The molecule has 1 unspecified atom stereocenters. The van der Waals surface area contributed by atoms with Crippen molar-refractivity contribution in [2.24, 2.45) is 0 Å². The molecule has 2 aromatic heterocycles. The van der Waals surface area contributed by atoms with Gasteiger partial charge in [0.05, 0.1) is 19.1 Å². The third-order valence-corrected chi connectivity index (χ3v) is 7.32. The number of methoxy groups -OCH3 is 2. The van der Waals surface area contributed by atoms with E-state index in [1.165, 1.54) is 16.2 Å². The average molecular weight is 522 g/mol. The van der Waals surface area contributed by atoms with Crippen LogP contribution in [0, 0.1) is 0 Å². The Morgan fingerprint density at radius 3 is 2.84 bits per heavy atom. The molecule has 0 bridgehead atoms. The summed E-state index contributed by atoms with van der Waals surface area (Å²) in [6.45, 7) is 2.28. The topological polar surface area (TPSA) is 103 Å². The van der Waals surface area contributed by atoms with Crippen molar-refractivity contribution in [1.29, 1.82) is 0 Å². The molecule has 1 atom stereocenters. The lowest BCUT2D eigenvalue weighted by molar-refractivity contribution is -0.133. The Labute approximate surface area is 217 Å². The number of amides is 2. The highest BCUT2D eigenvalue weighted by Crippen LogP contribution is 2.40. The molecule has 9 nitrogen and oxygen atoms in total. The van der Waals surface area contributed by atoms with E-state index in [9.17, 15) is 9.59 Å². The zero-order valence-corrected chi connectivity index (χ0v) is 21.6. The number of hydrogen-bond acceptors (Lipinski definition) is 8. The molecule has 0 aliphatic carbocycles. The number of para-hydroxylation sites is 1. The van der Waals surface area contributed by atoms with Crippen LogP contribution in [0.1, 0.15) is 23.0 Å². The molecule has 0 saturated heterocycles. The summed E-state index contributed by atoms with van der Waals surface area (Å²) in [7, 11) is 3.13. The Balaban J connectivity index is 1.46. The minimum Gasteiger partial charge on any atom is -0.496 e. The number of carbonyl (C=O) groups excluding carboxylic acids is 2. The maximum absolute atomic E-state index is 13.8. The number of carbonyl (C=O) groups is 2. The van der Waals surface area contributed by atoms with E-state index in [4.69, 9.17) is 18.6 Å². The fourth-order valence-corrected chi connectivity index (χ4v) is 5.06. The van der Waals surface area contributed by atoms with Crippen molar-refractivity contribution in [3.05, 3.63) is 65.4 Å². The third kappa shape index (κ3) is 4.54. The van der Waals surface area contributed by atoms with Gasteiger partial charge in [0.1, 0.15) is 22.9 Å². The van der Waals surface area contributed by atoms with Gasteiger partial charge in [-0.1, -0.05) is 24.3 Å². The molecule has 2 amide bonds. The van der Waals surface area contributed by atoms with Gasteiger partial charge in [0, 0.05) is 42.9 Å². The first kappa shape index (κ1) is 24.8. The van der Waals surface area contributed by atoms with E-state index in [-0.39, 0.29) is 38.0 Å². The zero-order valence-electron chi connectivity index (χ0n) is 20.8. The van der Waals surface area contributed by atoms with Crippen molar-refractivity contribution < 1.29 is 28.2 Å². The number of nitrogens with zero attached hydrogens (tertiary/aromatic N) is 2. The maximum atomic E-state index is 13.8. The second kappa shape index (κ2) is 10.2. The van der Waals surface area contributed by atoms with E-state index >= 15 is 0 Å². The predicted molar refractivity (Wildman–Crippen MR) is 139 cm³/mol. The van der Waals surface area contributed by atoms with Crippen molar-refractivity contribution in [3.8, 4) is 22.1 Å². The summed E-state index contributed by atoms with van der Waals surface area (Å²) in [5.41, 5.74) is 0.907. The lowest BCUT2D eigenvalue weighted by Crippen LogP contribution is -2.61. The van der Waals surface area contributed by atoms with E-state index < -0.39 is 11.4 Å². The van der Waals surface area contributed by atoms with Crippen LogP contribution in [0.15, 0.2) is 58.5 Å². The standard InChI is InChI=1S/C27H27N3O6S/c1-27(26(32)29-15-18-6-4-5-7-20(18)34-3)16-35-22-19-9-8-17(24-28-10-13-37-24)14-21(19)36-23(22)25(31)30(27)11-12-33-2/h4-10,13-14H,11-12,15-16H2,1-3H3,(H,29,32). The first-order valence-electron chi connectivity index (χ1n) is 11.8. The van der Waals surface area contributed by atoms with E-state index in [0.717, 1.165) is 16.1 Å². The molecular weight excluding hydrogens is 494 g/mol. The Hall–Kier alpha value is -3.89. The molecule has 0 fully saturated rings. The second-order valence-electron chi connectivity index (χ2n) is 8.82. The molecule has 1 aliphatic rings. The summed E-state index contributed by atoms with van der Waals surface area (Å²) in [4.78, 5) is 33.2. The molecule has 4 aromatic rings. The number of ether oxygens (including phenoxy) is 3. The molecule has 192 valence electrons. The lowest BCUT2D eigenvalue weighted by atomic mass is 9.99. The highest BCUT2D eigenvalue weighted by Gasteiger charge is 2.47. The van der Waals surface area contributed by atoms with Gasteiger partial charge in [-0.3, -0.25) is 9.59 Å². The number of benzene rings is 2. The molecule has 1 aliphatic heterocycles. The predicted octanol–water partition coefficient (Wildman–Crippen LogP) is 4.12. The van der Waals surface area contributed by atoms with E-state index in [2.05, 4.69) is 10.3 Å². The van der Waals surface area contributed by atoms with Crippen molar-refractivity contribution in [3.63, 3.8) is 0 Å². The van der Waals surface area contributed by atoms with Gasteiger partial charge in [0.2, 0.25) is 11.7 Å². The summed E-state index contributed by atoms with van der Waals surface area (Å²) in [6.07, 6.45) is 1.74. The Bertz CT molecular complexity index is 1430. The molecule has 0 saturated carbocycles. The Morgan fingerprint density at radius 2 is 2.08 bits per heavy atom. The molecule has 10 heteroatoms. The van der Waals surface area contributed by atoms with Crippen molar-refractivity contribution in [2.75, 3.05) is 34.0 Å². The van der Waals surface area contributed by atoms with E-state index in [0.29, 0.717) is 22.5 Å². The molecule has 0 radical (unpaired) electrons. The molecule has 5 rings (SSSR count). The van der Waals surface area contributed by atoms with E-state index in [1.807, 2.05) is 47.8 Å². The minimum absolute atomic E-state index is 0.0589. The molecule has 37 heavy (non-hydrogen) atoms. The van der Waals surface area contributed by atoms with Crippen LogP contribution in [-0.2, 0) is 16.1 Å². The second-order valence-corrected chi connectivity index (χ2v) is 9.71. The summed E-state index contributed by atoms with van der Waals surface area (Å²) in [5, 5.41) is 6.36. The SMILES string of the molecule is COCCN1C(=O)c2oc3cc(-c4nccs4)ccc3c2OCC1(C)C(=O)NCc1ccccc1OC. The smallest absolute Gasteiger partial charge is 0.294 e. The molecule has 1 N–H and O–H groups in total. The van der Waals surface area contributed by atoms with Crippen LogP contribution in [0.25, 0.3) is 21.5 Å². The normalized spacial score (nSPS) is 17.3. The quantitative estimate of drug-likeness (QED) is 0.372. The summed E-state index contributed by atoms with van der Waals surface area (Å²) >= 11 is 1.52. The Morgan fingerprint density at radius 1 is 1.24 bits per heavy atom. The van der Waals surface area contributed by atoms with Crippen LogP contribution in [0.4, 0.5) is 0 Å². The van der Waals surface area contributed by atoms with Crippen LogP contribution >= 0.6 is 11.3 Å². The van der Waals surface area contributed by atoms with Crippen molar-refractivity contribution in [1.82, 2.24) is 15.2 Å². The minimum atomic E-state index is -1.31. The largest absolute Gasteiger partial charge is 0.496 e. The molecular formula is C27H27N3O6S. The number of fused-ring (bicyclic) bond motifs is 3. The van der Waals surface area contributed by atoms with Crippen molar-refractivity contribution >= 4 is 34.1 Å². The van der Waals surface area contributed by atoms with Gasteiger partial charge in [0.25, 0.3) is 5.91 Å². The van der Waals surface area contributed by atoms with Gasteiger partial charge >= 0.3 is 0 Å². The van der Waals surface area contributed by atoms with Gasteiger partial charge in [-0.15, -0.1) is 11.3 Å². The summed E-state index contributed by atoms with van der Waals surface area (Å²) in [5.74, 6) is 0.257. The van der Waals surface area contributed by atoms with Gasteiger partial charge in [-0.05, 0) is 25.1 Å². The highest BCUT2D eigenvalue weighted by atomic mass is 32.1. The van der Waals surface area contributed by atoms with Crippen molar-refractivity contribution in [2.45, 2.75) is 19.0 Å². The van der Waals surface area contributed by atoms with Crippen LogP contribution in [-0.4, -0.2) is 61.2 Å². The fourth-order valence-electron chi connectivity index (χ4n) is 4.43. The number of thiazole rings is 1. The third-order valence-electron chi connectivity index (χ3n) is 6.50. The average Bonchev–Trinajstić information content (AvgIpc) is 3.56. The first-order valence-corrected chi connectivity index (χ1v) is 12.6. The monoisotopic (exact) mass is 521 g/mol. The Kier molecular flexibility index (Phi) is 6.86. The van der Waals surface area contributed by atoms with Crippen LogP contribution < -0.4 is 14.8 Å². The van der Waals surface area contributed by atoms with Crippen LogP contribution in [0.3, 0.4) is 0 Å². The van der Waals surface area contributed by atoms with Gasteiger partial charge in [-0.25, -0.2) is 4.98 Å². The van der Waals surface area contributed by atoms with Gasteiger partial charge < -0.3 is 28.8 Å². The highest BCUT2D eigenvalue weighted by molar-refractivity contribution is 7.13. The summed E-state index contributed by atoms with van der Waals surface area (Å²) < 4.78 is 22.8. The number of furan rings is 1. The zero-order chi connectivity index (χ0) is 26.0. The number of hydrogen-bond donors (Lipinski definition) is 1.